The normalized spacial score (nSPS) is 10.9. The van der Waals surface area contributed by atoms with Crippen molar-refractivity contribution in [3.05, 3.63) is 36.0 Å². The van der Waals surface area contributed by atoms with Crippen LogP contribution in [0.3, 0.4) is 0 Å². The van der Waals surface area contributed by atoms with Gasteiger partial charge < -0.3 is 0 Å². The summed E-state index contributed by atoms with van der Waals surface area (Å²) in [5.74, 6) is 0. The van der Waals surface area contributed by atoms with E-state index in [1.54, 1.807) is 0 Å². The molecular weight excluding hydrogens is 186 g/mol. The molecule has 0 radical (unpaired) electrons. The minimum atomic E-state index is 0.358. The van der Waals surface area contributed by atoms with Gasteiger partial charge in [-0.3, -0.25) is 0 Å². The van der Waals surface area contributed by atoms with E-state index in [-0.39, 0.29) is 0 Å². The Balaban J connectivity index is 2.33. The molecule has 78 valence electrons. The SMILES string of the molecule is Cc1ccc(-c2cn(C(C)C)nn2)cc1. The van der Waals surface area contributed by atoms with Crippen molar-refractivity contribution >= 4 is 0 Å². The molecule has 0 aliphatic carbocycles. The molecule has 0 spiro atoms. The molecule has 1 heterocycles. The summed E-state index contributed by atoms with van der Waals surface area (Å²) >= 11 is 0. The Bertz CT molecular complexity index is 440. The van der Waals surface area contributed by atoms with Crippen LogP contribution in [0.5, 0.6) is 0 Å². The summed E-state index contributed by atoms with van der Waals surface area (Å²) in [6, 6.07) is 8.68. The van der Waals surface area contributed by atoms with Crippen molar-refractivity contribution in [2.75, 3.05) is 0 Å². The zero-order valence-electron chi connectivity index (χ0n) is 9.31. The molecule has 2 rings (SSSR count). The molecule has 0 aliphatic rings. The molecule has 0 N–H and O–H groups in total. The Kier molecular flexibility index (Phi) is 2.54. The Morgan fingerprint density at radius 2 is 1.80 bits per heavy atom. The monoisotopic (exact) mass is 201 g/mol. The van der Waals surface area contributed by atoms with Gasteiger partial charge in [-0.25, -0.2) is 4.68 Å². The smallest absolute Gasteiger partial charge is 0.113 e. The van der Waals surface area contributed by atoms with Crippen LogP contribution < -0.4 is 0 Å². The second-order valence-electron chi connectivity index (χ2n) is 4.04. The maximum atomic E-state index is 4.15. The molecule has 15 heavy (non-hydrogen) atoms. The maximum Gasteiger partial charge on any atom is 0.113 e. The number of hydrogen-bond donors (Lipinski definition) is 0. The average molecular weight is 201 g/mol. The predicted molar refractivity (Wildman–Crippen MR) is 60.6 cm³/mol. The van der Waals surface area contributed by atoms with E-state index in [0.717, 1.165) is 11.3 Å². The molecule has 0 saturated carbocycles. The molecule has 0 amide bonds. The van der Waals surface area contributed by atoms with Crippen LogP contribution in [0, 0.1) is 6.92 Å². The molecule has 0 aliphatic heterocycles. The highest BCUT2D eigenvalue weighted by molar-refractivity contribution is 5.57. The van der Waals surface area contributed by atoms with Gasteiger partial charge in [0.1, 0.15) is 5.69 Å². The summed E-state index contributed by atoms with van der Waals surface area (Å²) in [5, 5.41) is 8.23. The minimum Gasteiger partial charge on any atom is -0.249 e. The zero-order chi connectivity index (χ0) is 10.8. The van der Waals surface area contributed by atoms with Gasteiger partial charge in [-0.1, -0.05) is 35.0 Å². The fraction of sp³-hybridized carbons (Fsp3) is 0.333. The second kappa shape index (κ2) is 3.85. The van der Waals surface area contributed by atoms with E-state index in [1.807, 2.05) is 10.9 Å². The Hall–Kier alpha value is -1.64. The summed E-state index contributed by atoms with van der Waals surface area (Å²) in [6.45, 7) is 6.26. The molecule has 3 heteroatoms. The number of rotatable bonds is 2. The summed E-state index contributed by atoms with van der Waals surface area (Å²) < 4.78 is 1.87. The molecule has 0 atom stereocenters. The highest BCUT2D eigenvalue weighted by Gasteiger charge is 2.04. The fourth-order valence-corrected chi connectivity index (χ4v) is 1.39. The Morgan fingerprint density at radius 3 is 2.33 bits per heavy atom. The molecule has 2 aromatic rings. The van der Waals surface area contributed by atoms with E-state index >= 15 is 0 Å². The lowest BCUT2D eigenvalue weighted by atomic mass is 10.1. The van der Waals surface area contributed by atoms with Gasteiger partial charge in [0.25, 0.3) is 0 Å². The highest BCUT2D eigenvalue weighted by atomic mass is 15.4. The van der Waals surface area contributed by atoms with Gasteiger partial charge in [0.15, 0.2) is 0 Å². The van der Waals surface area contributed by atoms with Gasteiger partial charge >= 0.3 is 0 Å². The van der Waals surface area contributed by atoms with Crippen LogP contribution in [0.15, 0.2) is 30.5 Å². The molecule has 3 nitrogen and oxygen atoms in total. The minimum absolute atomic E-state index is 0.358. The van der Waals surface area contributed by atoms with E-state index in [0.29, 0.717) is 6.04 Å². The number of nitrogens with zero attached hydrogens (tertiary/aromatic N) is 3. The first-order valence-electron chi connectivity index (χ1n) is 5.15. The summed E-state index contributed by atoms with van der Waals surface area (Å²) in [4.78, 5) is 0. The average Bonchev–Trinajstić information content (AvgIpc) is 2.68. The van der Waals surface area contributed by atoms with Crippen LogP contribution in [0.4, 0.5) is 0 Å². The number of benzene rings is 1. The first kappa shape index (κ1) is 9.90. The summed E-state index contributed by atoms with van der Waals surface area (Å²) in [6.07, 6.45) is 1.98. The molecule has 0 unspecified atom stereocenters. The van der Waals surface area contributed by atoms with Crippen LogP contribution in [0.25, 0.3) is 11.3 Å². The lowest BCUT2D eigenvalue weighted by molar-refractivity contribution is 0.514. The van der Waals surface area contributed by atoms with Crippen LogP contribution in [-0.2, 0) is 0 Å². The van der Waals surface area contributed by atoms with Crippen molar-refractivity contribution in [3.63, 3.8) is 0 Å². The van der Waals surface area contributed by atoms with E-state index in [4.69, 9.17) is 0 Å². The Labute approximate surface area is 89.7 Å². The second-order valence-corrected chi connectivity index (χ2v) is 4.04. The quantitative estimate of drug-likeness (QED) is 0.748. The van der Waals surface area contributed by atoms with Gasteiger partial charge in [-0.15, -0.1) is 5.10 Å². The molecule has 0 fully saturated rings. The molecule has 0 saturated heterocycles. The lowest BCUT2D eigenvalue weighted by Gasteiger charge is -2.01. The van der Waals surface area contributed by atoms with Gasteiger partial charge in [-0.05, 0) is 20.8 Å². The Morgan fingerprint density at radius 1 is 1.13 bits per heavy atom. The first-order valence-corrected chi connectivity index (χ1v) is 5.15. The van der Waals surface area contributed by atoms with Crippen molar-refractivity contribution in [2.24, 2.45) is 0 Å². The topological polar surface area (TPSA) is 30.7 Å². The molecule has 1 aromatic carbocycles. The van der Waals surface area contributed by atoms with E-state index in [9.17, 15) is 0 Å². The third-order valence-electron chi connectivity index (χ3n) is 2.39. The zero-order valence-corrected chi connectivity index (χ0v) is 9.31. The first-order chi connectivity index (χ1) is 7.16. The van der Waals surface area contributed by atoms with Crippen LogP contribution in [0.1, 0.15) is 25.5 Å². The van der Waals surface area contributed by atoms with E-state index in [1.165, 1.54) is 5.56 Å². The van der Waals surface area contributed by atoms with Gasteiger partial charge in [0, 0.05) is 11.6 Å². The van der Waals surface area contributed by atoms with Crippen molar-refractivity contribution in [2.45, 2.75) is 26.8 Å². The van der Waals surface area contributed by atoms with E-state index < -0.39 is 0 Å². The lowest BCUT2D eigenvalue weighted by Crippen LogP contribution is -2.00. The molecular formula is C12H15N3. The molecule has 1 aromatic heterocycles. The summed E-state index contributed by atoms with van der Waals surface area (Å²) in [7, 11) is 0. The predicted octanol–water partition coefficient (Wildman–Crippen LogP) is 2.83. The van der Waals surface area contributed by atoms with Crippen molar-refractivity contribution in [1.82, 2.24) is 15.0 Å². The number of aryl methyl sites for hydroxylation is 1. The highest BCUT2D eigenvalue weighted by Crippen LogP contribution is 2.17. The fourth-order valence-electron chi connectivity index (χ4n) is 1.39. The number of aromatic nitrogens is 3. The van der Waals surface area contributed by atoms with Crippen molar-refractivity contribution in [3.8, 4) is 11.3 Å². The van der Waals surface area contributed by atoms with Gasteiger partial charge in [-0.2, -0.15) is 0 Å². The maximum absolute atomic E-state index is 4.15. The van der Waals surface area contributed by atoms with Gasteiger partial charge in [0.05, 0.1) is 6.20 Å². The largest absolute Gasteiger partial charge is 0.249 e. The van der Waals surface area contributed by atoms with Crippen LogP contribution in [0.2, 0.25) is 0 Å². The van der Waals surface area contributed by atoms with Crippen LogP contribution >= 0.6 is 0 Å². The standard InChI is InChI=1S/C12H15N3/c1-9(2)15-8-12(13-14-15)11-6-4-10(3)5-7-11/h4-9H,1-3H3. The third kappa shape index (κ3) is 2.06. The van der Waals surface area contributed by atoms with Crippen molar-refractivity contribution < 1.29 is 0 Å². The summed E-state index contributed by atoms with van der Waals surface area (Å²) in [5.41, 5.74) is 3.31. The van der Waals surface area contributed by atoms with Crippen LogP contribution in [-0.4, -0.2) is 15.0 Å². The molecule has 0 bridgehead atoms. The number of hydrogen-bond acceptors (Lipinski definition) is 2. The van der Waals surface area contributed by atoms with E-state index in [2.05, 4.69) is 55.3 Å². The van der Waals surface area contributed by atoms with Gasteiger partial charge in [0.2, 0.25) is 0 Å². The third-order valence-corrected chi connectivity index (χ3v) is 2.39. The van der Waals surface area contributed by atoms with Crippen molar-refractivity contribution in [1.29, 1.82) is 0 Å².